The molecule has 3 heterocycles. The van der Waals surface area contributed by atoms with Crippen molar-refractivity contribution in [1.29, 1.82) is 0 Å². The lowest BCUT2D eigenvalue weighted by Crippen LogP contribution is -2.12. The number of nitrogens with two attached hydrogens (primary N) is 1. The molecule has 18 heavy (non-hydrogen) atoms. The van der Waals surface area contributed by atoms with Crippen molar-refractivity contribution in [2.24, 2.45) is 5.84 Å². The van der Waals surface area contributed by atoms with Crippen LogP contribution in [0, 0.1) is 6.92 Å². The molecule has 3 rings (SSSR count). The maximum atomic E-state index is 5.48. The van der Waals surface area contributed by atoms with Gasteiger partial charge in [0.2, 0.25) is 0 Å². The average Bonchev–Trinajstić information content (AvgIpc) is 2.82. The number of nitrogens with zero attached hydrogens (tertiary/aromatic N) is 4. The molecular weight excluding hydrogens is 228 g/mol. The van der Waals surface area contributed by atoms with Gasteiger partial charge in [0.1, 0.15) is 5.82 Å². The Hall–Kier alpha value is -2.47. The van der Waals surface area contributed by atoms with Crippen LogP contribution in [-0.4, -0.2) is 19.6 Å². The molecule has 0 saturated heterocycles. The molecule has 0 aliphatic heterocycles. The van der Waals surface area contributed by atoms with Gasteiger partial charge in [-0.25, -0.2) is 10.8 Å². The lowest BCUT2D eigenvalue weighted by molar-refractivity contribution is 0.930. The van der Waals surface area contributed by atoms with Gasteiger partial charge in [-0.3, -0.25) is 4.98 Å². The summed E-state index contributed by atoms with van der Waals surface area (Å²) in [6.45, 7) is 1.91. The van der Waals surface area contributed by atoms with Gasteiger partial charge >= 0.3 is 0 Å². The third-order valence-electron chi connectivity index (χ3n) is 2.66. The fraction of sp³-hybridized carbons (Fsp3) is 0.0833. The molecule has 3 aromatic heterocycles. The highest BCUT2D eigenvalue weighted by Gasteiger charge is 2.08. The maximum Gasteiger partial charge on any atom is 0.158 e. The van der Waals surface area contributed by atoms with Crippen LogP contribution in [0.15, 0.2) is 36.7 Å². The number of pyridine rings is 1. The Morgan fingerprint density at radius 3 is 2.94 bits per heavy atom. The molecule has 0 amide bonds. The van der Waals surface area contributed by atoms with Crippen LogP contribution in [0.1, 0.15) is 5.69 Å². The van der Waals surface area contributed by atoms with Crippen molar-refractivity contribution in [3.05, 3.63) is 42.4 Å². The van der Waals surface area contributed by atoms with Crippen LogP contribution in [0.3, 0.4) is 0 Å². The van der Waals surface area contributed by atoms with E-state index in [0.29, 0.717) is 5.82 Å². The average molecular weight is 240 g/mol. The number of aromatic nitrogens is 4. The van der Waals surface area contributed by atoms with Gasteiger partial charge in [-0.05, 0) is 19.1 Å². The molecular formula is C12H12N6. The van der Waals surface area contributed by atoms with Crippen LogP contribution in [0.5, 0.6) is 0 Å². The fourth-order valence-corrected chi connectivity index (χ4v) is 1.86. The monoisotopic (exact) mass is 240 g/mol. The van der Waals surface area contributed by atoms with Gasteiger partial charge in [-0.15, -0.1) is 0 Å². The van der Waals surface area contributed by atoms with Crippen LogP contribution in [0.25, 0.3) is 16.9 Å². The highest BCUT2D eigenvalue weighted by molar-refractivity contribution is 5.64. The van der Waals surface area contributed by atoms with Crippen molar-refractivity contribution in [1.82, 2.24) is 19.6 Å². The Labute approximate surface area is 103 Å². The first-order valence-electron chi connectivity index (χ1n) is 5.52. The summed E-state index contributed by atoms with van der Waals surface area (Å²) >= 11 is 0. The topological polar surface area (TPSA) is 81.1 Å². The molecule has 0 spiro atoms. The van der Waals surface area contributed by atoms with Crippen molar-refractivity contribution in [3.63, 3.8) is 0 Å². The summed E-state index contributed by atoms with van der Waals surface area (Å²) in [6.07, 6.45) is 3.50. The number of nitrogen functional groups attached to an aromatic ring is 1. The van der Waals surface area contributed by atoms with Gasteiger partial charge in [-0.1, -0.05) is 0 Å². The van der Waals surface area contributed by atoms with E-state index in [0.717, 1.165) is 22.6 Å². The normalized spacial score (nSPS) is 10.8. The van der Waals surface area contributed by atoms with Crippen LogP contribution in [0.2, 0.25) is 0 Å². The molecule has 6 nitrogen and oxygen atoms in total. The molecule has 0 fully saturated rings. The minimum absolute atomic E-state index is 0.702. The van der Waals surface area contributed by atoms with E-state index in [9.17, 15) is 0 Å². The van der Waals surface area contributed by atoms with E-state index in [1.165, 1.54) is 0 Å². The highest BCUT2D eigenvalue weighted by Crippen LogP contribution is 2.20. The second kappa shape index (κ2) is 4.08. The molecule has 0 atom stereocenters. The van der Waals surface area contributed by atoms with E-state index in [1.54, 1.807) is 16.9 Å². The number of aryl methyl sites for hydroxylation is 1. The number of nitrogens with one attached hydrogen (secondary N) is 1. The van der Waals surface area contributed by atoms with E-state index in [4.69, 9.17) is 5.84 Å². The Bertz CT molecular complexity index is 688. The highest BCUT2D eigenvalue weighted by atomic mass is 15.4. The van der Waals surface area contributed by atoms with Crippen molar-refractivity contribution in [2.75, 3.05) is 5.43 Å². The molecule has 0 aromatic carbocycles. The third-order valence-corrected chi connectivity index (χ3v) is 2.66. The standard InChI is InChI=1S/C12H12N6/c1-8-5-12(16-13)18-11(15-8)6-10(17-18)9-3-2-4-14-7-9/h2-7,16H,13H2,1H3. The zero-order chi connectivity index (χ0) is 12.5. The summed E-state index contributed by atoms with van der Waals surface area (Å²) in [7, 11) is 0. The van der Waals surface area contributed by atoms with Crippen LogP contribution in [0.4, 0.5) is 5.82 Å². The largest absolute Gasteiger partial charge is 0.308 e. The summed E-state index contributed by atoms with van der Waals surface area (Å²) in [5, 5.41) is 4.47. The number of fused-ring (bicyclic) bond motifs is 1. The maximum absolute atomic E-state index is 5.48. The Balaban J connectivity index is 2.23. The van der Waals surface area contributed by atoms with E-state index in [1.807, 2.05) is 31.2 Å². The zero-order valence-corrected chi connectivity index (χ0v) is 9.83. The van der Waals surface area contributed by atoms with Gasteiger partial charge in [0.25, 0.3) is 0 Å². The van der Waals surface area contributed by atoms with Crippen LogP contribution in [-0.2, 0) is 0 Å². The van der Waals surface area contributed by atoms with Gasteiger partial charge in [0.05, 0.1) is 5.69 Å². The quantitative estimate of drug-likeness (QED) is 0.522. The number of anilines is 1. The first-order chi connectivity index (χ1) is 8.78. The van der Waals surface area contributed by atoms with E-state index >= 15 is 0 Å². The molecule has 0 aliphatic carbocycles. The van der Waals surface area contributed by atoms with Gasteiger partial charge in [0.15, 0.2) is 5.65 Å². The summed E-state index contributed by atoms with van der Waals surface area (Å²) in [4.78, 5) is 8.50. The Morgan fingerprint density at radius 1 is 1.33 bits per heavy atom. The molecule has 3 aromatic rings. The minimum atomic E-state index is 0.702. The molecule has 6 heteroatoms. The molecule has 90 valence electrons. The minimum Gasteiger partial charge on any atom is -0.308 e. The number of hydrazine groups is 1. The second-order valence-corrected chi connectivity index (χ2v) is 3.97. The smallest absolute Gasteiger partial charge is 0.158 e. The summed E-state index contributed by atoms with van der Waals surface area (Å²) < 4.78 is 1.68. The van der Waals surface area contributed by atoms with E-state index in [2.05, 4.69) is 20.5 Å². The Morgan fingerprint density at radius 2 is 2.22 bits per heavy atom. The zero-order valence-electron chi connectivity index (χ0n) is 9.83. The molecule has 0 aliphatic rings. The number of hydrogen-bond donors (Lipinski definition) is 2. The number of rotatable bonds is 2. The summed E-state index contributed by atoms with van der Waals surface area (Å²) in [6, 6.07) is 7.58. The van der Waals surface area contributed by atoms with Crippen molar-refractivity contribution in [3.8, 4) is 11.3 Å². The second-order valence-electron chi connectivity index (χ2n) is 3.97. The van der Waals surface area contributed by atoms with E-state index < -0.39 is 0 Å². The van der Waals surface area contributed by atoms with Gasteiger partial charge in [0, 0.05) is 35.8 Å². The van der Waals surface area contributed by atoms with Crippen LogP contribution >= 0.6 is 0 Å². The predicted octanol–water partition coefficient (Wildman–Crippen LogP) is 1.39. The fourth-order valence-electron chi connectivity index (χ4n) is 1.86. The first-order valence-corrected chi connectivity index (χ1v) is 5.52. The summed E-state index contributed by atoms with van der Waals surface area (Å²) in [5.41, 5.74) is 6.02. The lowest BCUT2D eigenvalue weighted by atomic mass is 10.2. The summed E-state index contributed by atoms with van der Waals surface area (Å²) in [5.74, 6) is 6.18. The molecule has 3 N–H and O–H groups in total. The molecule has 0 unspecified atom stereocenters. The number of hydrogen-bond acceptors (Lipinski definition) is 5. The van der Waals surface area contributed by atoms with Crippen molar-refractivity contribution in [2.45, 2.75) is 6.92 Å². The van der Waals surface area contributed by atoms with Crippen molar-refractivity contribution < 1.29 is 0 Å². The van der Waals surface area contributed by atoms with Crippen molar-refractivity contribution >= 4 is 11.5 Å². The molecule has 0 bridgehead atoms. The van der Waals surface area contributed by atoms with Gasteiger partial charge < -0.3 is 5.43 Å². The molecule has 0 radical (unpaired) electrons. The predicted molar refractivity (Wildman–Crippen MR) is 68.8 cm³/mol. The van der Waals surface area contributed by atoms with Crippen LogP contribution < -0.4 is 11.3 Å². The first kappa shape index (κ1) is 10.7. The lowest BCUT2D eigenvalue weighted by Gasteiger charge is -2.03. The Kier molecular flexibility index (Phi) is 2.42. The van der Waals surface area contributed by atoms with Gasteiger partial charge in [-0.2, -0.15) is 9.61 Å². The SMILES string of the molecule is Cc1cc(NN)n2nc(-c3cccnc3)cc2n1. The molecule has 0 saturated carbocycles. The third kappa shape index (κ3) is 1.68. The van der Waals surface area contributed by atoms with E-state index in [-0.39, 0.29) is 0 Å².